The summed E-state index contributed by atoms with van der Waals surface area (Å²) in [7, 11) is 0. The van der Waals surface area contributed by atoms with Crippen molar-refractivity contribution in [1.29, 1.82) is 0 Å². The minimum atomic E-state index is -0.261. The van der Waals surface area contributed by atoms with Gasteiger partial charge in [-0.2, -0.15) is 0 Å². The first kappa shape index (κ1) is 8.51. The molecule has 13 heavy (non-hydrogen) atoms. The van der Waals surface area contributed by atoms with Gasteiger partial charge in [-0.3, -0.25) is 0 Å². The largest absolute Gasteiger partial charge is 0.490 e. The second-order valence-electron chi connectivity index (χ2n) is 3.35. The molecule has 0 radical (unpaired) electrons. The third-order valence-corrected chi connectivity index (χ3v) is 2.51. The molecule has 2 unspecified atom stereocenters. The lowest BCUT2D eigenvalue weighted by atomic mass is 9.97. The summed E-state index contributed by atoms with van der Waals surface area (Å²) in [6, 6.07) is 4.62. The summed E-state index contributed by atoms with van der Waals surface area (Å²) < 4.78 is 18.3. The molecule has 0 fully saturated rings. The normalized spacial score (nSPS) is 25.5. The van der Waals surface area contributed by atoms with E-state index < -0.39 is 0 Å². The topological polar surface area (TPSA) is 35.2 Å². The van der Waals surface area contributed by atoms with Gasteiger partial charge >= 0.3 is 0 Å². The van der Waals surface area contributed by atoms with Crippen LogP contribution in [0.15, 0.2) is 18.2 Å². The predicted octanol–water partition coefficient (Wildman–Crippen LogP) is 1.65. The van der Waals surface area contributed by atoms with Crippen molar-refractivity contribution in [3.63, 3.8) is 0 Å². The van der Waals surface area contributed by atoms with E-state index in [1.54, 1.807) is 6.07 Å². The summed E-state index contributed by atoms with van der Waals surface area (Å²) in [6.07, 6.45) is 0.0572. The Balaban J connectivity index is 2.42. The first-order valence-electron chi connectivity index (χ1n) is 4.38. The van der Waals surface area contributed by atoms with Crippen LogP contribution in [0.1, 0.15) is 18.4 Å². The van der Waals surface area contributed by atoms with Crippen molar-refractivity contribution in [3.05, 3.63) is 29.6 Å². The van der Waals surface area contributed by atoms with Crippen LogP contribution in [0.2, 0.25) is 0 Å². The Kier molecular flexibility index (Phi) is 1.96. The van der Waals surface area contributed by atoms with Gasteiger partial charge in [0, 0.05) is 24.1 Å². The third kappa shape index (κ3) is 1.29. The SMILES string of the molecule is CC1Oc2cc(F)ccc2C1CN. The highest BCUT2D eigenvalue weighted by atomic mass is 19.1. The van der Waals surface area contributed by atoms with Crippen molar-refractivity contribution in [1.82, 2.24) is 0 Å². The van der Waals surface area contributed by atoms with E-state index in [9.17, 15) is 4.39 Å². The number of hydrogen-bond donors (Lipinski definition) is 1. The molecule has 1 heterocycles. The molecule has 2 atom stereocenters. The molecule has 1 aliphatic rings. The maximum Gasteiger partial charge on any atom is 0.126 e. The zero-order valence-corrected chi connectivity index (χ0v) is 7.46. The highest BCUT2D eigenvalue weighted by molar-refractivity contribution is 5.41. The molecule has 0 amide bonds. The predicted molar refractivity (Wildman–Crippen MR) is 48.3 cm³/mol. The van der Waals surface area contributed by atoms with Gasteiger partial charge in [0.05, 0.1) is 0 Å². The maximum atomic E-state index is 12.8. The quantitative estimate of drug-likeness (QED) is 0.715. The Morgan fingerprint density at radius 1 is 1.54 bits per heavy atom. The summed E-state index contributed by atoms with van der Waals surface area (Å²) >= 11 is 0. The van der Waals surface area contributed by atoms with Crippen molar-refractivity contribution in [2.75, 3.05) is 6.54 Å². The lowest BCUT2D eigenvalue weighted by Crippen LogP contribution is -2.21. The van der Waals surface area contributed by atoms with Gasteiger partial charge in [-0.15, -0.1) is 0 Å². The molecule has 0 saturated heterocycles. The van der Waals surface area contributed by atoms with E-state index >= 15 is 0 Å². The average Bonchev–Trinajstić information content (AvgIpc) is 2.39. The standard InChI is InChI=1S/C10H12FNO/c1-6-9(5-12)8-3-2-7(11)4-10(8)13-6/h2-4,6,9H,5,12H2,1H3. The van der Waals surface area contributed by atoms with Crippen LogP contribution in [0.25, 0.3) is 0 Å². The average molecular weight is 181 g/mol. The number of fused-ring (bicyclic) bond motifs is 1. The van der Waals surface area contributed by atoms with Crippen LogP contribution in [-0.4, -0.2) is 12.6 Å². The minimum absolute atomic E-state index is 0.0572. The molecule has 1 aromatic carbocycles. The van der Waals surface area contributed by atoms with Crippen molar-refractivity contribution >= 4 is 0 Å². The van der Waals surface area contributed by atoms with Crippen molar-refractivity contribution in [2.45, 2.75) is 18.9 Å². The van der Waals surface area contributed by atoms with Crippen LogP contribution in [0.3, 0.4) is 0 Å². The Morgan fingerprint density at radius 3 is 3.00 bits per heavy atom. The molecule has 0 saturated carbocycles. The van der Waals surface area contributed by atoms with Gasteiger partial charge in [0.25, 0.3) is 0 Å². The van der Waals surface area contributed by atoms with E-state index in [2.05, 4.69) is 0 Å². The van der Waals surface area contributed by atoms with Gasteiger partial charge < -0.3 is 10.5 Å². The molecule has 0 spiro atoms. The fraction of sp³-hybridized carbons (Fsp3) is 0.400. The Labute approximate surface area is 76.5 Å². The zero-order chi connectivity index (χ0) is 9.42. The molecular formula is C10H12FNO. The second-order valence-corrected chi connectivity index (χ2v) is 3.35. The van der Waals surface area contributed by atoms with Gasteiger partial charge in [-0.1, -0.05) is 6.07 Å². The molecule has 0 bridgehead atoms. The molecule has 0 aliphatic carbocycles. The number of hydrogen-bond acceptors (Lipinski definition) is 2. The van der Waals surface area contributed by atoms with Crippen LogP contribution < -0.4 is 10.5 Å². The van der Waals surface area contributed by atoms with Crippen LogP contribution in [0.5, 0.6) is 5.75 Å². The fourth-order valence-corrected chi connectivity index (χ4v) is 1.77. The van der Waals surface area contributed by atoms with E-state index in [-0.39, 0.29) is 17.8 Å². The van der Waals surface area contributed by atoms with Gasteiger partial charge in [-0.05, 0) is 13.0 Å². The van der Waals surface area contributed by atoms with Crippen LogP contribution in [0.4, 0.5) is 4.39 Å². The molecule has 1 aliphatic heterocycles. The van der Waals surface area contributed by atoms with Crippen molar-refractivity contribution in [3.8, 4) is 5.75 Å². The second kappa shape index (κ2) is 3.00. The van der Waals surface area contributed by atoms with Gasteiger partial charge in [0.1, 0.15) is 17.7 Å². The maximum absolute atomic E-state index is 12.8. The van der Waals surface area contributed by atoms with E-state index in [4.69, 9.17) is 10.5 Å². The van der Waals surface area contributed by atoms with E-state index in [0.717, 1.165) is 5.56 Å². The number of nitrogens with two attached hydrogens (primary N) is 1. The van der Waals surface area contributed by atoms with Crippen LogP contribution in [-0.2, 0) is 0 Å². The molecule has 2 nitrogen and oxygen atoms in total. The Hall–Kier alpha value is -1.09. The third-order valence-electron chi connectivity index (χ3n) is 2.51. The van der Waals surface area contributed by atoms with Crippen LogP contribution in [0, 0.1) is 5.82 Å². The van der Waals surface area contributed by atoms with Gasteiger partial charge in [-0.25, -0.2) is 4.39 Å². The summed E-state index contributed by atoms with van der Waals surface area (Å²) in [6.45, 7) is 2.50. The highest BCUT2D eigenvalue weighted by Gasteiger charge is 2.29. The number of halogens is 1. The molecular weight excluding hydrogens is 169 g/mol. The molecule has 2 N–H and O–H groups in total. The molecule has 3 heteroatoms. The minimum Gasteiger partial charge on any atom is -0.490 e. The number of benzene rings is 1. The summed E-state index contributed by atoms with van der Waals surface area (Å²) in [5.41, 5.74) is 6.63. The molecule has 70 valence electrons. The van der Waals surface area contributed by atoms with Gasteiger partial charge in [0.2, 0.25) is 0 Å². The molecule has 1 aromatic rings. The Morgan fingerprint density at radius 2 is 2.31 bits per heavy atom. The summed E-state index contributed by atoms with van der Waals surface area (Å²) in [5, 5.41) is 0. The van der Waals surface area contributed by atoms with Crippen molar-refractivity contribution < 1.29 is 9.13 Å². The van der Waals surface area contributed by atoms with Crippen LogP contribution >= 0.6 is 0 Å². The number of ether oxygens (including phenoxy) is 1. The van der Waals surface area contributed by atoms with E-state index in [0.29, 0.717) is 12.3 Å². The lowest BCUT2D eigenvalue weighted by Gasteiger charge is -2.10. The fourth-order valence-electron chi connectivity index (χ4n) is 1.77. The first-order valence-corrected chi connectivity index (χ1v) is 4.38. The summed E-state index contributed by atoms with van der Waals surface area (Å²) in [4.78, 5) is 0. The summed E-state index contributed by atoms with van der Waals surface area (Å²) in [5.74, 6) is 0.585. The Bertz CT molecular complexity index is 327. The monoisotopic (exact) mass is 181 g/mol. The lowest BCUT2D eigenvalue weighted by molar-refractivity contribution is 0.228. The molecule has 2 rings (SSSR count). The van der Waals surface area contributed by atoms with Crippen molar-refractivity contribution in [2.24, 2.45) is 5.73 Å². The van der Waals surface area contributed by atoms with E-state index in [1.165, 1.54) is 12.1 Å². The van der Waals surface area contributed by atoms with Gasteiger partial charge in [0.15, 0.2) is 0 Å². The highest BCUT2D eigenvalue weighted by Crippen LogP contribution is 2.37. The first-order chi connectivity index (χ1) is 6.22. The van der Waals surface area contributed by atoms with E-state index in [1.807, 2.05) is 6.92 Å². The molecule has 0 aromatic heterocycles. The zero-order valence-electron chi connectivity index (χ0n) is 7.46. The smallest absolute Gasteiger partial charge is 0.126 e. The number of rotatable bonds is 1.